The largest absolute Gasteiger partial charge is 0.490 e. The molecule has 2 bridgehead atoms. The Hall–Kier alpha value is -1.30. The number of benzene rings is 1. The van der Waals surface area contributed by atoms with Crippen LogP contribution in [-0.4, -0.2) is 12.1 Å². The Balaban J connectivity index is 1.75. The van der Waals surface area contributed by atoms with E-state index in [0.717, 1.165) is 31.4 Å². The van der Waals surface area contributed by atoms with Crippen LogP contribution in [0.5, 0.6) is 5.75 Å². The van der Waals surface area contributed by atoms with Gasteiger partial charge in [-0.2, -0.15) is 13.2 Å². The first-order chi connectivity index (χ1) is 9.41. The summed E-state index contributed by atoms with van der Waals surface area (Å²) in [4.78, 5) is 0. The molecule has 2 aliphatic rings. The second-order valence-electron chi connectivity index (χ2n) is 5.30. The summed E-state index contributed by atoms with van der Waals surface area (Å²) in [5.74, 6) is -1.20. The summed E-state index contributed by atoms with van der Waals surface area (Å²) in [6, 6.07) is 4.35. The fourth-order valence-electron chi connectivity index (χ4n) is 2.87. The lowest BCUT2D eigenvalue weighted by molar-refractivity contribution is -0.140. The van der Waals surface area contributed by atoms with E-state index in [1.54, 1.807) is 0 Å². The third kappa shape index (κ3) is 2.75. The topological polar surface area (TPSA) is 21.3 Å². The summed E-state index contributed by atoms with van der Waals surface area (Å²) in [7, 11) is 0. The number of hydrogen-bond acceptors (Lipinski definition) is 2. The standard InChI is InChI=1S/C14H14F4NO/c15-13-4-3-10(7-12(13)14(16,17)18)20-11-5-8-1-2-9(6-11)19-8/h3-4,7-8,11,19H,1-2,5-6H2. The number of alkyl halides is 3. The van der Waals surface area contributed by atoms with E-state index in [-0.39, 0.29) is 11.9 Å². The molecule has 6 heteroatoms. The van der Waals surface area contributed by atoms with Crippen LogP contribution in [0, 0.1) is 11.9 Å². The van der Waals surface area contributed by atoms with Crippen LogP contribution in [0.4, 0.5) is 17.6 Å². The first kappa shape index (κ1) is 13.7. The zero-order valence-electron chi connectivity index (χ0n) is 10.6. The van der Waals surface area contributed by atoms with Crippen LogP contribution in [0.15, 0.2) is 18.2 Å². The molecule has 2 unspecified atom stereocenters. The Morgan fingerprint density at radius 2 is 2.05 bits per heavy atom. The third-order valence-electron chi connectivity index (χ3n) is 3.77. The predicted molar refractivity (Wildman–Crippen MR) is 64.5 cm³/mol. The van der Waals surface area contributed by atoms with Gasteiger partial charge in [0.2, 0.25) is 0 Å². The molecule has 109 valence electrons. The highest BCUT2D eigenvalue weighted by molar-refractivity contribution is 5.32. The van der Waals surface area contributed by atoms with Gasteiger partial charge in [0, 0.05) is 18.5 Å². The zero-order valence-corrected chi connectivity index (χ0v) is 10.6. The van der Waals surface area contributed by atoms with Crippen LogP contribution < -0.4 is 10.1 Å². The van der Waals surface area contributed by atoms with Gasteiger partial charge in [0.05, 0.1) is 5.56 Å². The van der Waals surface area contributed by atoms with Crippen molar-refractivity contribution in [1.29, 1.82) is 0 Å². The minimum atomic E-state index is -4.70. The molecule has 2 heterocycles. The summed E-state index contributed by atoms with van der Waals surface area (Å²) >= 11 is 0. The molecular formula is C14H14F4NO. The van der Waals surface area contributed by atoms with E-state index in [1.165, 1.54) is 12.1 Å². The second kappa shape index (κ2) is 4.91. The predicted octanol–water partition coefficient (Wildman–Crippen LogP) is 3.67. The average Bonchev–Trinajstić information content (AvgIpc) is 2.70. The summed E-state index contributed by atoms with van der Waals surface area (Å²) in [5.41, 5.74) is -1.28. The van der Waals surface area contributed by atoms with E-state index in [9.17, 15) is 17.6 Å². The molecule has 0 saturated carbocycles. The fourth-order valence-corrected chi connectivity index (χ4v) is 2.87. The minimum absolute atomic E-state index is 0.0747. The van der Waals surface area contributed by atoms with Crippen molar-refractivity contribution in [2.75, 3.05) is 0 Å². The van der Waals surface area contributed by atoms with Crippen molar-refractivity contribution >= 4 is 0 Å². The molecule has 2 aliphatic heterocycles. The summed E-state index contributed by atoms with van der Waals surface area (Å²) in [6.45, 7) is 0. The van der Waals surface area contributed by atoms with Gasteiger partial charge >= 0.3 is 6.18 Å². The van der Waals surface area contributed by atoms with Gasteiger partial charge < -0.3 is 10.1 Å². The maximum absolute atomic E-state index is 13.2. The van der Waals surface area contributed by atoms with Crippen molar-refractivity contribution in [3.05, 3.63) is 35.6 Å². The van der Waals surface area contributed by atoms with Crippen LogP contribution in [0.25, 0.3) is 0 Å². The van der Waals surface area contributed by atoms with E-state index in [2.05, 4.69) is 5.32 Å². The summed E-state index contributed by atoms with van der Waals surface area (Å²) < 4.78 is 56.7. The lowest BCUT2D eigenvalue weighted by Crippen LogP contribution is -2.38. The minimum Gasteiger partial charge on any atom is -0.490 e. The maximum atomic E-state index is 13.2. The van der Waals surface area contributed by atoms with Gasteiger partial charge in [0.25, 0.3) is 0 Å². The normalized spacial score (nSPS) is 26.8. The molecule has 2 saturated heterocycles. The lowest BCUT2D eigenvalue weighted by Gasteiger charge is -2.29. The van der Waals surface area contributed by atoms with Crippen molar-refractivity contribution in [3.8, 4) is 5.75 Å². The summed E-state index contributed by atoms with van der Waals surface area (Å²) in [6.07, 6.45) is -1.32. The molecule has 1 radical (unpaired) electrons. The molecule has 0 aliphatic carbocycles. The highest BCUT2D eigenvalue weighted by Crippen LogP contribution is 2.36. The van der Waals surface area contributed by atoms with Crippen LogP contribution in [0.2, 0.25) is 0 Å². The first-order valence-electron chi connectivity index (χ1n) is 6.56. The van der Waals surface area contributed by atoms with Crippen molar-refractivity contribution in [2.45, 2.75) is 44.0 Å². The molecule has 20 heavy (non-hydrogen) atoms. The number of hydrogen-bond donors (Lipinski definition) is 1. The van der Waals surface area contributed by atoms with Crippen molar-refractivity contribution in [3.63, 3.8) is 0 Å². The first-order valence-corrected chi connectivity index (χ1v) is 6.56. The Labute approximate surface area is 114 Å². The van der Waals surface area contributed by atoms with Crippen molar-refractivity contribution in [1.82, 2.24) is 5.32 Å². The molecule has 0 spiro atoms. The molecule has 1 aromatic carbocycles. The molecule has 3 rings (SSSR count). The monoisotopic (exact) mass is 288 g/mol. The molecule has 2 fully saturated rings. The Bertz CT molecular complexity index is 490. The lowest BCUT2D eigenvalue weighted by atomic mass is 10.0. The smallest absolute Gasteiger partial charge is 0.419 e. The van der Waals surface area contributed by atoms with E-state index in [1.807, 2.05) is 0 Å². The second-order valence-corrected chi connectivity index (χ2v) is 5.30. The van der Waals surface area contributed by atoms with Crippen LogP contribution >= 0.6 is 0 Å². The van der Waals surface area contributed by atoms with Crippen LogP contribution in [-0.2, 0) is 6.18 Å². The Morgan fingerprint density at radius 1 is 1.25 bits per heavy atom. The molecule has 1 N–H and O–H groups in total. The van der Waals surface area contributed by atoms with E-state index in [0.29, 0.717) is 12.5 Å². The molecule has 1 aromatic rings. The Morgan fingerprint density at radius 3 is 2.75 bits per heavy atom. The third-order valence-corrected chi connectivity index (χ3v) is 3.77. The van der Waals surface area contributed by atoms with Gasteiger partial charge in [-0.05, 0) is 37.5 Å². The fraction of sp³-hybridized carbons (Fsp3) is 0.500. The quantitative estimate of drug-likeness (QED) is 0.838. The Kier molecular flexibility index (Phi) is 3.36. The van der Waals surface area contributed by atoms with E-state index >= 15 is 0 Å². The number of fused-ring (bicyclic) bond motifs is 2. The number of piperidine rings is 1. The number of ether oxygens (including phenoxy) is 1. The van der Waals surface area contributed by atoms with Crippen molar-refractivity contribution in [2.24, 2.45) is 0 Å². The molecule has 2 atom stereocenters. The van der Waals surface area contributed by atoms with Gasteiger partial charge in [-0.3, -0.25) is 0 Å². The van der Waals surface area contributed by atoms with E-state index in [4.69, 9.17) is 4.74 Å². The molecule has 0 aromatic heterocycles. The SMILES string of the molecule is Fc1ccc(OC2C[C]3CCC(C2)N3)cc1C(F)(F)F. The zero-order chi connectivity index (χ0) is 14.3. The van der Waals surface area contributed by atoms with Gasteiger partial charge in [-0.25, -0.2) is 4.39 Å². The van der Waals surface area contributed by atoms with Gasteiger partial charge in [-0.1, -0.05) is 0 Å². The van der Waals surface area contributed by atoms with Gasteiger partial charge in [-0.15, -0.1) is 0 Å². The number of rotatable bonds is 2. The maximum Gasteiger partial charge on any atom is 0.419 e. The van der Waals surface area contributed by atoms with Crippen molar-refractivity contribution < 1.29 is 22.3 Å². The van der Waals surface area contributed by atoms with E-state index < -0.39 is 17.6 Å². The highest BCUT2D eigenvalue weighted by Gasteiger charge is 2.37. The molecular weight excluding hydrogens is 274 g/mol. The summed E-state index contributed by atoms with van der Waals surface area (Å²) in [5, 5.41) is 3.35. The highest BCUT2D eigenvalue weighted by atomic mass is 19.4. The van der Waals surface area contributed by atoms with Crippen LogP contribution in [0.3, 0.4) is 0 Å². The van der Waals surface area contributed by atoms with Gasteiger partial charge in [0.15, 0.2) is 0 Å². The number of halogens is 4. The number of nitrogens with one attached hydrogen (secondary N) is 1. The molecule has 0 amide bonds. The van der Waals surface area contributed by atoms with Gasteiger partial charge in [0.1, 0.15) is 17.7 Å². The molecule has 2 nitrogen and oxygen atoms in total. The average molecular weight is 288 g/mol. The van der Waals surface area contributed by atoms with Crippen LogP contribution in [0.1, 0.15) is 31.2 Å².